The Kier molecular flexibility index (Phi) is 5.86. The minimum absolute atomic E-state index is 0.185. The molecule has 0 aliphatic rings. The molecule has 3 rings (SSSR count). The number of nitrogens with zero attached hydrogens (tertiary/aromatic N) is 2. The third-order valence-electron chi connectivity index (χ3n) is 3.80. The Morgan fingerprint density at radius 1 is 0.964 bits per heavy atom. The number of benzene rings is 2. The lowest BCUT2D eigenvalue weighted by Gasteiger charge is -2.10. The molecule has 0 bridgehead atoms. The highest BCUT2D eigenvalue weighted by atomic mass is 35.5. The van der Waals surface area contributed by atoms with Crippen molar-refractivity contribution in [2.24, 2.45) is 0 Å². The molecule has 2 amide bonds. The molecule has 0 spiro atoms. The molecule has 142 valence electrons. The van der Waals surface area contributed by atoms with Gasteiger partial charge in [0.25, 0.3) is 5.91 Å². The van der Waals surface area contributed by atoms with Crippen molar-refractivity contribution in [1.29, 1.82) is 0 Å². The number of nitrogens with one attached hydrogen (secondary N) is 3. The first-order valence-electron chi connectivity index (χ1n) is 8.45. The van der Waals surface area contributed by atoms with Gasteiger partial charge in [-0.05, 0) is 42.8 Å². The summed E-state index contributed by atoms with van der Waals surface area (Å²) in [4.78, 5) is 31.9. The lowest BCUT2D eigenvalue weighted by Crippen LogP contribution is -2.13. The van der Waals surface area contributed by atoms with Crippen molar-refractivity contribution < 1.29 is 9.59 Å². The van der Waals surface area contributed by atoms with Gasteiger partial charge in [-0.3, -0.25) is 9.59 Å². The maximum Gasteiger partial charge on any atom is 0.258 e. The van der Waals surface area contributed by atoms with Gasteiger partial charge in [-0.1, -0.05) is 23.7 Å². The summed E-state index contributed by atoms with van der Waals surface area (Å²) in [5.41, 5.74) is 3.23. The van der Waals surface area contributed by atoms with Crippen molar-refractivity contribution >= 4 is 46.4 Å². The van der Waals surface area contributed by atoms with E-state index < -0.39 is 0 Å². The number of aryl methyl sites for hydroxylation is 1. The molecule has 2 aromatic carbocycles. The van der Waals surface area contributed by atoms with E-state index in [0.29, 0.717) is 27.9 Å². The van der Waals surface area contributed by atoms with E-state index in [1.165, 1.54) is 19.3 Å². The Balaban J connectivity index is 1.68. The van der Waals surface area contributed by atoms with Gasteiger partial charge in [-0.15, -0.1) is 0 Å². The van der Waals surface area contributed by atoms with Crippen LogP contribution in [-0.4, -0.2) is 21.8 Å². The largest absolute Gasteiger partial charge is 0.326 e. The molecular formula is C20H18ClN5O2. The highest BCUT2D eigenvalue weighted by Crippen LogP contribution is 2.22. The number of hydrogen-bond acceptors (Lipinski definition) is 5. The molecule has 7 nitrogen and oxygen atoms in total. The summed E-state index contributed by atoms with van der Waals surface area (Å²) in [6.07, 6.45) is 2.87. The van der Waals surface area contributed by atoms with Crippen LogP contribution in [0.3, 0.4) is 0 Å². The zero-order valence-electron chi connectivity index (χ0n) is 15.3. The summed E-state index contributed by atoms with van der Waals surface area (Å²) >= 11 is 6.01. The number of rotatable bonds is 5. The summed E-state index contributed by atoms with van der Waals surface area (Å²) in [7, 11) is 0. The number of anilines is 4. The van der Waals surface area contributed by atoms with Crippen LogP contribution in [0.2, 0.25) is 5.02 Å². The molecule has 28 heavy (non-hydrogen) atoms. The van der Waals surface area contributed by atoms with Crippen molar-refractivity contribution in [2.75, 3.05) is 16.0 Å². The Hall–Kier alpha value is -3.45. The molecule has 0 aliphatic carbocycles. The van der Waals surface area contributed by atoms with Crippen molar-refractivity contribution in [2.45, 2.75) is 13.8 Å². The Morgan fingerprint density at radius 3 is 2.32 bits per heavy atom. The zero-order chi connectivity index (χ0) is 20.1. The predicted molar refractivity (Wildman–Crippen MR) is 110 cm³/mol. The molecule has 0 fully saturated rings. The van der Waals surface area contributed by atoms with Crippen molar-refractivity contribution in [3.63, 3.8) is 0 Å². The van der Waals surface area contributed by atoms with E-state index in [-0.39, 0.29) is 11.8 Å². The van der Waals surface area contributed by atoms with Crippen LogP contribution in [-0.2, 0) is 4.79 Å². The number of aromatic nitrogens is 2. The molecule has 0 saturated carbocycles. The first kappa shape index (κ1) is 19.3. The highest BCUT2D eigenvalue weighted by Gasteiger charge is 2.09. The fourth-order valence-electron chi connectivity index (χ4n) is 2.44. The van der Waals surface area contributed by atoms with Crippen molar-refractivity contribution in [3.8, 4) is 0 Å². The number of hydrogen-bond donors (Lipinski definition) is 3. The molecule has 0 saturated heterocycles. The van der Waals surface area contributed by atoms with Crippen molar-refractivity contribution in [3.05, 3.63) is 71.0 Å². The Labute approximate surface area is 167 Å². The minimum Gasteiger partial charge on any atom is -0.326 e. The van der Waals surface area contributed by atoms with E-state index in [9.17, 15) is 9.59 Å². The van der Waals surface area contributed by atoms with Crippen LogP contribution >= 0.6 is 11.6 Å². The average molecular weight is 396 g/mol. The summed E-state index contributed by atoms with van der Waals surface area (Å²) < 4.78 is 0. The zero-order valence-corrected chi connectivity index (χ0v) is 16.0. The fourth-order valence-corrected chi connectivity index (χ4v) is 2.61. The van der Waals surface area contributed by atoms with Crippen LogP contribution in [0.15, 0.2) is 54.9 Å². The number of carbonyl (C=O) groups is 2. The molecule has 0 atom stereocenters. The standard InChI is InChI=1S/C20H18ClN5O2/c1-12-6-7-15(21)8-18(12)26-20-22-10-14(11-23-20)19(28)25-17-5-3-4-16(9-17)24-13(2)27/h3-11H,1-2H3,(H,24,27)(H,25,28)(H,22,23,26). The van der Waals surface area contributed by atoms with Gasteiger partial charge in [0.2, 0.25) is 11.9 Å². The Bertz CT molecular complexity index is 1020. The van der Waals surface area contributed by atoms with Crippen LogP contribution in [0.5, 0.6) is 0 Å². The normalized spacial score (nSPS) is 10.2. The third kappa shape index (κ3) is 5.05. The second kappa shape index (κ2) is 8.49. The van der Waals surface area contributed by atoms with E-state index in [1.807, 2.05) is 13.0 Å². The van der Waals surface area contributed by atoms with Crippen LogP contribution in [0.25, 0.3) is 0 Å². The van der Waals surface area contributed by atoms with Gasteiger partial charge in [-0.2, -0.15) is 0 Å². The lowest BCUT2D eigenvalue weighted by atomic mass is 10.2. The summed E-state index contributed by atoms with van der Waals surface area (Å²) in [5, 5.41) is 9.09. The van der Waals surface area contributed by atoms with Gasteiger partial charge in [0.05, 0.1) is 5.56 Å². The van der Waals surface area contributed by atoms with E-state index in [0.717, 1.165) is 11.3 Å². The monoisotopic (exact) mass is 395 g/mol. The summed E-state index contributed by atoms with van der Waals surface area (Å²) in [6.45, 7) is 3.36. The van der Waals surface area contributed by atoms with E-state index in [4.69, 9.17) is 11.6 Å². The van der Waals surface area contributed by atoms with Crippen LogP contribution < -0.4 is 16.0 Å². The molecular weight excluding hydrogens is 378 g/mol. The second-order valence-corrected chi connectivity index (χ2v) is 6.53. The molecule has 1 aromatic heterocycles. The highest BCUT2D eigenvalue weighted by molar-refractivity contribution is 6.30. The van der Waals surface area contributed by atoms with Crippen LogP contribution in [0.4, 0.5) is 23.0 Å². The van der Waals surface area contributed by atoms with Gasteiger partial charge in [0.15, 0.2) is 0 Å². The fraction of sp³-hybridized carbons (Fsp3) is 0.100. The number of carbonyl (C=O) groups excluding carboxylic acids is 2. The molecule has 3 N–H and O–H groups in total. The van der Waals surface area contributed by atoms with Crippen LogP contribution in [0, 0.1) is 6.92 Å². The molecule has 0 aliphatic heterocycles. The van der Waals surface area contributed by atoms with E-state index in [2.05, 4.69) is 25.9 Å². The SMILES string of the molecule is CC(=O)Nc1cccc(NC(=O)c2cnc(Nc3cc(Cl)ccc3C)nc2)c1. The van der Waals surface area contributed by atoms with E-state index >= 15 is 0 Å². The molecule has 0 radical (unpaired) electrons. The molecule has 8 heteroatoms. The average Bonchev–Trinajstić information content (AvgIpc) is 2.65. The van der Waals surface area contributed by atoms with Gasteiger partial charge in [-0.25, -0.2) is 9.97 Å². The smallest absolute Gasteiger partial charge is 0.258 e. The predicted octanol–water partition coefficient (Wildman–Crippen LogP) is 4.39. The maximum atomic E-state index is 12.4. The molecule has 3 aromatic rings. The first-order chi connectivity index (χ1) is 13.4. The maximum absolute atomic E-state index is 12.4. The summed E-state index contributed by atoms with van der Waals surface area (Å²) in [6, 6.07) is 12.3. The van der Waals surface area contributed by atoms with E-state index in [1.54, 1.807) is 36.4 Å². The molecule has 0 unspecified atom stereocenters. The minimum atomic E-state index is -0.356. The molecule has 1 heterocycles. The van der Waals surface area contributed by atoms with Gasteiger partial charge >= 0.3 is 0 Å². The third-order valence-corrected chi connectivity index (χ3v) is 4.04. The number of halogens is 1. The first-order valence-corrected chi connectivity index (χ1v) is 8.83. The van der Waals surface area contributed by atoms with Crippen LogP contribution in [0.1, 0.15) is 22.8 Å². The van der Waals surface area contributed by atoms with Gasteiger partial charge < -0.3 is 16.0 Å². The lowest BCUT2D eigenvalue weighted by molar-refractivity contribution is -0.114. The van der Waals surface area contributed by atoms with Crippen molar-refractivity contribution in [1.82, 2.24) is 9.97 Å². The Morgan fingerprint density at radius 2 is 1.64 bits per heavy atom. The summed E-state index contributed by atoms with van der Waals surface area (Å²) in [5.74, 6) is -0.185. The van der Waals surface area contributed by atoms with Gasteiger partial charge in [0, 0.05) is 41.4 Å². The van der Waals surface area contributed by atoms with Gasteiger partial charge in [0.1, 0.15) is 0 Å². The topological polar surface area (TPSA) is 96.0 Å². The quantitative estimate of drug-likeness (QED) is 0.595. The number of amides is 2. The second-order valence-electron chi connectivity index (χ2n) is 6.10.